The molecule has 0 radical (unpaired) electrons. The van der Waals surface area contributed by atoms with E-state index in [4.69, 9.17) is 16.3 Å². The van der Waals surface area contributed by atoms with E-state index in [1.807, 2.05) is 0 Å². The largest absolute Gasteiger partial charge is 0.493 e. The minimum absolute atomic E-state index is 0.145. The topological polar surface area (TPSA) is 35.0 Å². The summed E-state index contributed by atoms with van der Waals surface area (Å²) in [6.07, 6.45) is -3.82. The first-order valence-corrected chi connectivity index (χ1v) is 6.19. The van der Waals surface area contributed by atoms with Crippen LogP contribution in [0, 0.1) is 0 Å². The molecule has 1 aliphatic rings. The average Bonchev–Trinajstić information content (AvgIpc) is 2.84. The number of nitrogens with zero attached hydrogens (tertiary/aromatic N) is 2. The normalized spacial score (nSPS) is 14.0. The number of hydrogen-bond acceptors (Lipinski definition) is 3. The van der Waals surface area contributed by atoms with Crippen LogP contribution in [0.5, 0.6) is 5.75 Å². The van der Waals surface area contributed by atoms with E-state index in [2.05, 4.69) is 9.97 Å². The fourth-order valence-corrected chi connectivity index (χ4v) is 2.24. The van der Waals surface area contributed by atoms with Gasteiger partial charge in [0.25, 0.3) is 0 Å². The minimum atomic E-state index is -4.55. The van der Waals surface area contributed by atoms with Gasteiger partial charge in [-0.2, -0.15) is 13.2 Å². The number of aromatic nitrogens is 2. The van der Waals surface area contributed by atoms with Gasteiger partial charge in [-0.15, -0.1) is 0 Å². The fourth-order valence-electron chi connectivity index (χ4n) is 2.06. The molecule has 0 saturated carbocycles. The van der Waals surface area contributed by atoms with Crippen molar-refractivity contribution in [2.75, 3.05) is 6.61 Å². The molecule has 0 unspecified atom stereocenters. The zero-order valence-electron chi connectivity index (χ0n) is 10.0. The first-order chi connectivity index (χ1) is 9.43. The van der Waals surface area contributed by atoms with Crippen LogP contribution in [0.4, 0.5) is 13.2 Å². The maximum absolute atomic E-state index is 12.7. The van der Waals surface area contributed by atoms with E-state index < -0.39 is 17.2 Å². The second-order valence-electron chi connectivity index (χ2n) is 4.33. The Morgan fingerprint density at radius 2 is 1.95 bits per heavy atom. The zero-order chi connectivity index (χ0) is 14.3. The number of fused-ring (bicyclic) bond motifs is 1. The van der Waals surface area contributed by atoms with E-state index in [1.54, 1.807) is 18.2 Å². The molecule has 3 rings (SSSR count). The molecule has 2 aromatic rings. The van der Waals surface area contributed by atoms with Gasteiger partial charge in [-0.1, -0.05) is 0 Å². The lowest BCUT2D eigenvalue weighted by molar-refractivity contribution is -0.141. The van der Waals surface area contributed by atoms with Gasteiger partial charge in [0.15, 0.2) is 0 Å². The van der Waals surface area contributed by atoms with Crippen LogP contribution in [0.2, 0.25) is 5.28 Å². The molecule has 104 valence electrons. The Hall–Kier alpha value is -1.82. The Morgan fingerprint density at radius 3 is 2.70 bits per heavy atom. The van der Waals surface area contributed by atoms with Gasteiger partial charge >= 0.3 is 6.18 Å². The van der Waals surface area contributed by atoms with Crippen molar-refractivity contribution in [3.63, 3.8) is 0 Å². The van der Waals surface area contributed by atoms with Crippen molar-refractivity contribution < 1.29 is 17.9 Å². The molecule has 0 bridgehead atoms. The van der Waals surface area contributed by atoms with Crippen LogP contribution in [-0.4, -0.2) is 16.6 Å². The standard InChI is InChI=1S/C13H8ClF3N2O/c14-12-18-9(6-11(19-12)13(15,16)17)7-1-2-10-8(5-7)3-4-20-10/h1-2,5-6H,3-4H2. The van der Waals surface area contributed by atoms with E-state index in [0.717, 1.165) is 23.8 Å². The number of rotatable bonds is 1. The highest BCUT2D eigenvalue weighted by Gasteiger charge is 2.33. The molecule has 20 heavy (non-hydrogen) atoms. The first kappa shape index (κ1) is 13.2. The summed E-state index contributed by atoms with van der Waals surface area (Å²) in [5.41, 5.74) is 0.603. The molecule has 7 heteroatoms. The summed E-state index contributed by atoms with van der Waals surface area (Å²) < 4.78 is 43.5. The molecule has 0 saturated heterocycles. The quantitative estimate of drug-likeness (QED) is 0.752. The average molecular weight is 301 g/mol. The highest BCUT2D eigenvalue weighted by molar-refractivity contribution is 6.28. The minimum Gasteiger partial charge on any atom is -0.493 e. The van der Waals surface area contributed by atoms with Gasteiger partial charge in [-0.3, -0.25) is 0 Å². The van der Waals surface area contributed by atoms with Crippen molar-refractivity contribution in [1.29, 1.82) is 0 Å². The van der Waals surface area contributed by atoms with Gasteiger partial charge in [0.05, 0.1) is 12.3 Å². The van der Waals surface area contributed by atoms with Crippen LogP contribution in [0.3, 0.4) is 0 Å². The summed E-state index contributed by atoms with van der Waals surface area (Å²) >= 11 is 5.58. The predicted molar refractivity (Wildman–Crippen MR) is 66.7 cm³/mol. The Bertz CT molecular complexity index is 673. The van der Waals surface area contributed by atoms with Crippen molar-refractivity contribution >= 4 is 11.6 Å². The van der Waals surface area contributed by atoms with Crippen molar-refractivity contribution in [2.24, 2.45) is 0 Å². The molecule has 0 N–H and O–H groups in total. The summed E-state index contributed by atoms with van der Waals surface area (Å²) in [5.74, 6) is 0.755. The van der Waals surface area contributed by atoms with Gasteiger partial charge in [-0.25, -0.2) is 9.97 Å². The third-order valence-electron chi connectivity index (χ3n) is 2.97. The first-order valence-electron chi connectivity index (χ1n) is 5.81. The van der Waals surface area contributed by atoms with Crippen LogP contribution in [0.15, 0.2) is 24.3 Å². The Labute approximate surface area is 117 Å². The van der Waals surface area contributed by atoms with Crippen molar-refractivity contribution in [3.8, 4) is 17.0 Å². The summed E-state index contributed by atoms with van der Waals surface area (Å²) in [6.45, 7) is 0.580. The maximum atomic E-state index is 12.7. The van der Waals surface area contributed by atoms with E-state index in [9.17, 15) is 13.2 Å². The van der Waals surface area contributed by atoms with Crippen molar-refractivity contribution in [1.82, 2.24) is 9.97 Å². The molecule has 1 aromatic carbocycles. The Morgan fingerprint density at radius 1 is 1.15 bits per heavy atom. The zero-order valence-corrected chi connectivity index (χ0v) is 10.8. The van der Waals surface area contributed by atoms with Crippen LogP contribution < -0.4 is 4.74 Å². The van der Waals surface area contributed by atoms with Crippen molar-refractivity contribution in [3.05, 3.63) is 40.8 Å². The van der Waals surface area contributed by atoms with E-state index in [0.29, 0.717) is 12.2 Å². The van der Waals surface area contributed by atoms with E-state index >= 15 is 0 Å². The molecular formula is C13H8ClF3N2O. The maximum Gasteiger partial charge on any atom is 0.433 e. The molecule has 1 aromatic heterocycles. The number of ether oxygens (including phenoxy) is 1. The lowest BCUT2D eigenvalue weighted by atomic mass is 10.1. The lowest BCUT2D eigenvalue weighted by Crippen LogP contribution is -2.09. The highest BCUT2D eigenvalue weighted by Crippen LogP contribution is 2.33. The molecule has 1 aliphatic heterocycles. The van der Waals surface area contributed by atoms with Gasteiger partial charge in [0, 0.05) is 12.0 Å². The van der Waals surface area contributed by atoms with Gasteiger partial charge in [0.2, 0.25) is 5.28 Å². The summed E-state index contributed by atoms with van der Waals surface area (Å²) in [7, 11) is 0. The van der Waals surface area contributed by atoms with Crippen LogP contribution in [0.25, 0.3) is 11.3 Å². The van der Waals surface area contributed by atoms with E-state index in [-0.39, 0.29) is 5.69 Å². The van der Waals surface area contributed by atoms with Crippen molar-refractivity contribution in [2.45, 2.75) is 12.6 Å². The molecule has 2 heterocycles. The third-order valence-corrected chi connectivity index (χ3v) is 3.14. The molecular weight excluding hydrogens is 293 g/mol. The van der Waals surface area contributed by atoms with Gasteiger partial charge in [0.1, 0.15) is 11.4 Å². The Kier molecular flexibility index (Phi) is 3.05. The highest BCUT2D eigenvalue weighted by atomic mass is 35.5. The van der Waals surface area contributed by atoms with Crippen LogP contribution in [0.1, 0.15) is 11.3 Å². The summed E-state index contributed by atoms with van der Waals surface area (Å²) in [5, 5.41) is -0.424. The monoisotopic (exact) mass is 300 g/mol. The van der Waals surface area contributed by atoms with E-state index in [1.165, 1.54) is 0 Å². The SMILES string of the molecule is FC(F)(F)c1cc(-c2ccc3c(c2)CCO3)nc(Cl)n1. The summed E-state index contributed by atoms with van der Waals surface area (Å²) in [4.78, 5) is 7.06. The number of hydrogen-bond donors (Lipinski definition) is 0. The smallest absolute Gasteiger partial charge is 0.433 e. The number of alkyl halides is 3. The van der Waals surface area contributed by atoms with Gasteiger partial charge < -0.3 is 4.74 Å². The fraction of sp³-hybridized carbons (Fsp3) is 0.231. The van der Waals surface area contributed by atoms with Gasteiger partial charge in [-0.05, 0) is 41.4 Å². The third kappa shape index (κ3) is 2.43. The second kappa shape index (κ2) is 4.63. The van der Waals surface area contributed by atoms with Crippen LogP contribution >= 0.6 is 11.6 Å². The molecule has 0 amide bonds. The molecule has 0 spiro atoms. The molecule has 3 nitrogen and oxygen atoms in total. The molecule has 0 aliphatic carbocycles. The molecule has 0 fully saturated rings. The second-order valence-corrected chi connectivity index (χ2v) is 4.66. The summed E-state index contributed by atoms with van der Waals surface area (Å²) in [6, 6.07) is 6.04. The van der Waals surface area contributed by atoms with Crippen LogP contribution in [-0.2, 0) is 12.6 Å². The number of benzene rings is 1. The lowest BCUT2D eigenvalue weighted by Gasteiger charge is -2.09. The predicted octanol–water partition coefficient (Wildman–Crippen LogP) is 3.75. The number of halogens is 4. The Balaban J connectivity index is 2.08. The molecule has 0 atom stereocenters.